The lowest BCUT2D eigenvalue weighted by Gasteiger charge is -2.23. The lowest BCUT2D eigenvalue weighted by atomic mass is 10.0. The summed E-state index contributed by atoms with van der Waals surface area (Å²) in [6, 6.07) is 25.1. The van der Waals surface area contributed by atoms with Gasteiger partial charge in [-0.3, -0.25) is 9.59 Å². The van der Waals surface area contributed by atoms with E-state index in [1.807, 2.05) is 31.2 Å². The molecule has 3 rings (SSSR count). The number of hydrogen-bond acceptors (Lipinski definition) is 3. The summed E-state index contributed by atoms with van der Waals surface area (Å²) in [4.78, 5) is 27.9. The van der Waals surface area contributed by atoms with Crippen LogP contribution in [0.1, 0.15) is 46.0 Å². The summed E-state index contributed by atoms with van der Waals surface area (Å²) in [5.41, 5.74) is 2.09. The first kappa shape index (κ1) is 22.0. The van der Waals surface area contributed by atoms with Crippen LogP contribution in [0, 0.1) is 11.8 Å². The molecule has 31 heavy (non-hydrogen) atoms. The van der Waals surface area contributed by atoms with Crippen molar-refractivity contribution >= 4 is 17.4 Å². The number of benzene rings is 3. The van der Waals surface area contributed by atoms with Crippen LogP contribution < -0.4 is 4.90 Å². The number of carbonyl (C=O) groups is 2. The number of nitrogens with zero attached hydrogens (tertiary/aromatic N) is 1. The van der Waals surface area contributed by atoms with E-state index in [0.717, 1.165) is 6.42 Å². The molecule has 1 unspecified atom stereocenters. The molecule has 0 aliphatic heterocycles. The lowest BCUT2D eigenvalue weighted by molar-refractivity contribution is 0.0936. The Labute approximate surface area is 183 Å². The van der Waals surface area contributed by atoms with E-state index in [0.29, 0.717) is 28.8 Å². The van der Waals surface area contributed by atoms with Crippen molar-refractivity contribution in [1.29, 1.82) is 0 Å². The van der Waals surface area contributed by atoms with Gasteiger partial charge in [0.05, 0.1) is 12.1 Å². The maximum atomic E-state index is 13.5. The van der Waals surface area contributed by atoms with Gasteiger partial charge in [-0.2, -0.15) is 0 Å². The zero-order chi connectivity index (χ0) is 22.1. The molecule has 156 valence electrons. The van der Waals surface area contributed by atoms with Gasteiger partial charge in [-0.15, -0.1) is 0 Å². The Bertz CT molecular complexity index is 1080. The van der Waals surface area contributed by atoms with E-state index in [-0.39, 0.29) is 18.2 Å². The number of aliphatic hydroxyl groups is 1. The molecule has 3 aromatic carbocycles. The smallest absolute Gasteiger partial charge is 0.259 e. The van der Waals surface area contributed by atoms with Gasteiger partial charge >= 0.3 is 0 Å². The van der Waals surface area contributed by atoms with E-state index < -0.39 is 6.10 Å². The zero-order valence-electron chi connectivity index (χ0n) is 17.5. The molecule has 0 heterocycles. The second-order valence-corrected chi connectivity index (χ2v) is 7.14. The fraction of sp³-hybridized carbons (Fsp3) is 0.185. The van der Waals surface area contributed by atoms with Gasteiger partial charge < -0.3 is 10.0 Å². The van der Waals surface area contributed by atoms with E-state index in [1.54, 1.807) is 60.7 Å². The standard InChI is InChI=1S/C27H25NO3/c1-2-11-24(29)19-18-21-12-9-10-17-25(21)27(31)28(23-15-7-4-8-16-23)20-26(30)22-13-5-3-6-14-22/h3-10,12-17,24,29H,2,11,20H2,1H3. The molecule has 0 bridgehead atoms. The first-order chi connectivity index (χ1) is 15.1. The van der Waals surface area contributed by atoms with Crippen molar-refractivity contribution in [2.75, 3.05) is 11.4 Å². The Morgan fingerprint density at radius 2 is 1.52 bits per heavy atom. The average molecular weight is 412 g/mol. The first-order valence-electron chi connectivity index (χ1n) is 10.3. The van der Waals surface area contributed by atoms with Crippen LogP contribution in [0.15, 0.2) is 84.9 Å². The third-order valence-corrected chi connectivity index (χ3v) is 4.80. The van der Waals surface area contributed by atoms with Crippen molar-refractivity contribution in [2.24, 2.45) is 0 Å². The van der Waals surface area contributed by atoms with E-state index in [9.17, 15) is 14.7 Å². The minimum atomic E-state index is -0.738. The zero-order valence-corrected chi connectivity index (χ0v) is 17.5. The van der Waals surface area contributed by atoms with Crippen molar-refractivity contribution in [3.05, 3.63) is 102 Å². The molecule has 0 aliphatic rings. The normalized spacial score (nSPS) is 11.2. The summed E-state index contributed by atoms with van der Waals surface area (Å²) in [6.07, 6.45) is 0.656. The van der Waals surface area contributed by atoms with E-state index in [4.69, 9.17) is 0 Å². The molecule has 3 aromatic rings. The van der Waals surface area contributed by atoms with Crippen molar-refractivity contribution in [3.8, 4) is 11.8 Å². The van der Waals surface area contributed by atoms with Crippen LogP contribution >= 0.6 is 0 Å². The van der Waals surface area contributed by atoms with Gasteiger partial charge in [0.25, 0.3) is 5.91 Å². The van der Waals surface area contributed by atoms with Gasteiger partial charge in [-0.25, -0.2) is 0 Å². The molecule has 4 heteroatoms. The highest BCUT2D eigenvalue weighted by atomic mass is 16.3. The minimum absolute atomic E-state index is 0.0902. The Balaban J connectivity index is 1.95. The number of hydrogen-bond donors (Lipinski definition) is 1. The summed E-state index contributed by atoms with van der Waals surface area (Å²) in [5.74, 6) is 5.28. The maximum absolute atomic E-state index is 13.5. The number of Topliss-reactive ketones (excluding diaryl/α,β-unsaturated/α-hetero) is 1. The van der Waals surface area contributed by atoms with Crippen LogP contribution in [-0.2, 0) is 0 Å². The highest BCUT2D eigenvalue weighted by Gasteiger charge is 2.23. The third-order valence-electron chi connectivity index (χ3n) is 4.80. The molecule has 0 spiro atoms. The monoisotopic (exact) mass is 411 g/mol. The first-order valence-corrected chi connectivity index (χ1v) is 10.3. The van der Waals surface area contributed by atoms with Gasteiger partial charge in [-0.1, -0.05) is 85.8 Å². The number of para-hydroxylation sites is 1. The van der Waals surface area contributed by atoms with Crippen LogP contribution in [0.25, 0.3) is 0 Å². The number of ketones is 1. The predicted molar refractivity (Wildman–Crippen MR) is 123 cm³/mol. The van der Waals surface area contributed by atoms with E-state index in [2.05, 4.69) is 11.8 Å². The quantitative estimate of drug-likeness (QED) is 0.452. The van der Waals surface area contributed by atoms with Crippen LogP contribution in [0.2, 0.25) is 0 Å². The van der Waals surface area contributed by atoms with Gasteiger partial charge in [0.15, 0.2) is 5.78 Å². The number of anilines is 1. The largest absolute Gasteiger partial charge is 0.380 e. The van der Waals surface area contributed by atoms with Gasteiger partial charge in [0.2, 0.25) is 0 Å². The highest BCUT2D eigenvalue weighted by molar-refractivity contribution is 6.12. The molecule has 0 aromatic heterocycles. The molecule has 0 radical (unpaired) electrons. The lowest BCUT2D eigenvalue weighted by Crippen LogP contribution is -2.36. The van der Waals surface area contributed by atoms with Gasteiger partial charge in [-0.05, 0) is 30.7 Å². The van der Waals surface area contributed by atoms with Gasteiger partial charge in [0.1, 0.15) is 6.10 Å². The SMILES string of the molecule is CCCC(O)C#Cc1ccccc1C(=O)N(CC(=O)c1ccccc1)c1ccccc1. The van der Waals surface area contributed by atoms with Crippen molar-refractivity contribution in [3.63, 3.8) is 0 Å². The molecule has 1 N–H and O–H groups in total. The fourth-order valence-electron chi connectivity index (χ4n) is 3.18. The summed E-state index contributed by atoms with van der Waals surface area (Å²) in [6.45, 7) is 1.89. The second-order valence-electron chi connectivity index (χ2n) is 7.14. The molecular weight excluding hydrogens is 386 g/mol. The summed E-state index contributed by atoms with van der Waals surface area (Å²) in [7, 11) is 0. The molecule has 0 saturated carbocycles. The molecular formula is C27H25NO3. The van der Waals surface area contributed by atoms with E-state index in [1.165, 1.54) is 4.90 Å². The van der Waals surface area contributed by atoms with E-state index >= 15 is 0 Å². The molecule has 1 amide bonds. The highest BCUT2D eigenvalue weighted by Crippen LogP contribution is 2.20. The van der Waals surface area contributed by atoms with Crippen molar-refractivity contribution in [1.82, 2.24) is 0 Å². The number of carbonyl (C=O) groups excluding carboxylic acids is 2. The summed E-state index contributed by atoms with van der Waals surface area (Å²) < 4.78 is 0. The molecule has 0 saturated heterocycles. The Morgan fingerprint density at radius 3 is 2.19 bits per heavy atom. The average Bonchev–Trinajstić information content (AvgIpc) is 2.82. The molecule has 4 nitrogen and oxygen atoms in total. The third kappa shape index (κ3) is 5.91. The molecule has 0 aliphatic carbocycles. The number of rotatable bonds is 7. The Morgan fingerprint density at radius 1 is 0.903 bits per heavy atom. The van der Waals surface area contributed by atoms with Crippen LogP contribution in [0.5, 0.6) is 0 Å². The topological polar surface area (TPSA) is 57.6 Å². The van der Waals surface area contributed by atoms with Crippen molar-refractivity contribution < 1.29 is 14.7 Å². The predicted octanol–water partition coefficient (Wildman–Crippen LogP) is 4.73. The van der Waals surface area contributed by atoms with Crippen molar-refractivity contribution in [2.45, 2.75) is 25.9 Å². The van der Waals surface area contributed by atoms with Crippen LogP contribution in [0.4, 0.5) is 5.69 Å². The second kappa shape index (κ2) is 10.9. The Kier molecular flexibility index (Phi) is 7.75. The number of aliphatic hydroxyl groups excluding tert-OH is 1. The molecule has 0 fully saturated rings. The van der Waals surface area contributed by atoms with Crippen LogP contribution in [0.3, 0.4) is 0 Å². The maximum Gasteiger partial charge on any atom is 0.259 e. The fourth-order valence-corrected chi connectivity index (χ4v) is 3.18. The minimum Gasteiger partial charge on any atom is -0.380 e. The molecule has 1 atom stereocenters. The summed E-state index contributed by atoms with van der Waals surface area (Å²) >= 11 is 0. The van der Waals surface area contributed by atoms with Gasteiger partial charge in [0, 0.05) is 16.8 Å². The number of amides is 1. The van der Waals surface area contributed by atoms with Crippen LogP contribution in [-0.4, -0.2) is 29.4 Å². The Hall–Kier alpha value is -3.68. The summed E-state index contributed by atoms with van der Waals surface area (Å²) in [5, 5.41) is 9.96.